The Morgan fingerprint density at radius 3 is 2.56 bits per heavy atom. The first-order chi connectivity index (χ1) is 17.2. The molecule has 0 aliphatic carbocycles. The van der Waals surface area contributed by atoms with Gasteiger partial charge in [-0.3, -0.25) is 4.79 Å². The summed E-state index contributed by atoms with van der Waals surface area (Å²) in [5.74, 6) is 0.189. The van der Waals surface area contributed by atoms with Crippen LogP contribution in [0, 0.1) is 6.92 Å². The van der Waals surface area contributed by atoms with Gasteiger partial charge in [0, 0.05) is 18.0 Å². The first-order valence-electron chi connectivity index (χ1n) is 11.1. The molecule has 0 amide bonds. The molecule has 0 fully saturated rings. The highest BCUT2D eigenvalue weighted by molar-refractivity contribution is 6.07. The summed E-state index contributed by atoms with van der Waals surface area (Å²) in [7, 11) is 0. The van der Waals surface area contributed by atoms with Gasteiger partial charge in [-0.25, -0.2) is 9.78 Å². The summed E-state index contributed by atoms with van der Waals surface area (Å²) in [4.78, 5) is 37.6. The largest absolute Gasteiger partial charge is 0.479 e. The van der Waals surface area contributed by atoms with Crippen molar-refractivity contribution in [2.75, 3.05) is 10.6 Å². The summed E-state index contributed by atoms with van der Waals surface area (Å²) in [6.45, 7) is 5.10. The predicted molar refractivity (Wildman–Crippen MR) is 129 cm³/mol. The number of fused-ring (bicyclic) bond motifs is 1. The van der Waals surface area contributed by atoms with Gasteiger partial charge in [0.2, 0.25) is 11.7 Å². The number of benzene rings is 2. The molecule has 11 nitrogen and oxygen atoms in total. The van der Waals surface area contributed by atoms with Crippen LogP contribution in [-0.4, -0.2) is 42.6 Å². The lowest BCUT2D eigenvalue weighted by atomic mass is 10.00. The van der Waals surface area contributed by atoms with Gasteiger partial charge in [0.1, 0.15) is 17.1 Å². The first-order valence-corrected chi connectivity index (χ1v) is 11.1. The molecule has 4 aromatic rings. The lowest BCUT2D eigenvalue weighted by Crippen LogP contribution is -2.31. The SMILES string of the molecule is Cc1noc(-c2cnc(Nc3ccc4c(c3)OC(C)(C)C4=O)nc2N[C@H](C(=O)O)c2ccccc2)n1. The number of aryl methyl sites for hydroxylation is 1. The highest BCUT2D eigenvalue weighted by atomic mass is 16.5. The third-order valence-corrected chi connectivity index (χ3v) is 5.60. The van der Waals surface area contributed by atoms with Gasteiger partial charge >= 0.3 is 5.97 Å². The van der Waals surface area contributed by atoms with E-state index in [1.54, 1.807) is 69.3 Å². The third kappa shape index (κ3) is 4.33. The second-order valence-electron chi connectivity index (χ2n) is 8.71. The number of carboxylic acid groups (broad SMARTS) is 1. The van der Waals surface area contributed by atoms with E-state index in [4.69, 9.17) is 9.26 Å². The van der Waals surface area contributed by atoms with Gasteiger partial charge in [-0.05, 0) is 38.5 Å². The zero-order valence-electron chi connectivity index (χ0n) is 19.6. The Hall–Kier alpha value is -4.80. The number of hydrogen-bond acceptors (Lipinski definition) is 10. The Morgan fingerprint density at radius 2 is 1.86 bits per heavy atom. The van der Waals surface area contributed by atoms with Crippen LogP contribution in [0.25, 0.3) is 11.5 Å². The summed E-state index contributed by atoms with van der Waals surface area (Å²) in [6, 6.07) is 12.7. The molecule has 0 saturated heterocycles. The number of nitrogens with zero attached hydrogens (tertiary/aromatic N) is 4. The molecular weight excluding hydrogens is 464 g/mol. The normalized spacial score (nSPS) is 14.6. The van der Waals surface area contributed by atoms with Crippen LogP contribution in [0.5, 0.6) is 5.75 Å². The molecule has 0 spiro atoms. The average molecular weight is 486 g/mol. The molecule has 5 rings (SSSR count). The fourth-order valence-electron chi connectivity index (χ4n) is 3.83. The van der Waals surface area contributed by atoms with Crippen molar-refractivity contribution >= 4 is 29.2 Å². The summed E-state index contributed by atoms with van der Waals surface area (Å²) in [5.41, 5.74) is 1.04. The number of aliphatic carboxylic acids is 1. The van der Waals surface area contributed by atoms with E-state index in [-0.39, 0.29) is 23.4 Å². The van der Waals surface area contributed by atoms with Crippen molar-refractivity contribution in [2.24, 2.45) is 0 Å². The zero-order chi connectivity index (χ0) is 25.4. The Labute approximate surface area is 205 Å². The van der Waals surface area contributed by atoms with Crippen molar-refractivity contribution in [1.82, 2.24) is 20.1 Å². The molecule has 2 aromatic carbocycles. The number of Topliss-reactive ketones (excluding diaryl/α,β-unsaturated/α-hetero) is 1. The molecule has 1 atom stereocenters. The Bertz CT molecular complexity index is 1470. The summed E-state index contributed by atoms with van der Waals surface area (Å²) >= 11 is 0. The van der Waals surface area contributed by atoms with E-state index >= 15 is 0 Å². The van der Waals surface area contributed by atoms with Crippen LogP contribution in [0.2, 0.25) is 0 Å². The molecule has 0 unspecified atom stereocenters. The number of anilines is 3. The number of ketones is 1. The van der Waals surface area contributed by atoms with Crippen LogP contribution in [0.3, 0.4) is 0 Å². The number of rotatable bonds is 7. The van der Waals surface area contributed by atoms with Crippen LogP contribution in [0.4, 0.5) is 17.5 Å². The van der Waals surface area contributed by atoms with E-state index in [0.717, 1.165) is 0 Å². The average Bonchev–Trinajstić information content (AvgIpc) is 3.37. The maximum Gasteiger partial charge on any atom is 0.330 e. The van der Waals surface area contributed by atoms with Crippen molar-refractivity contribution in [3.8, 4) is 17.2 Å². The molecule has 0 bridgehead atoms. The van der Waals surface area contributed by atoms with Gasteiger partial charge in [0.15, 0.2) is 17.5 Å². The Kier molecular flexibility index (Phi) is 5.59. The second kappa shape index (κ2) is 8.77. The summed E-state index contributed by atoms with van der Waals surface area (Å²) in [5, 5.41) is 19.7. The Morgan fingerprint density at radius 1 is 1.08 bits per heavy atom. The number of carbonyl (C=O) groups is 2. The van der Waals surface area contributed by atoms with Crippen molar-refractivity contribution in [3.63, 3.8) is 0 Å². The number of aromatic nitrogens is 4. The van der Waals surface area contributed by atoms with Crippen molar-refractivity contribution < 1.29 is 24.0 Å². The van der Waals surface area contributed by atoms with Crippen molar-refractivity contribution in [1.29, 1.82) is 0 Å². The molecule has 0 radical (unpaired) electrons. The quantitative estimate of drug-likeness (QED) is 0.345. The van der Waals surface area contributed by atoms with E-state index in [0.29, 0.717) is 34.0 Å². The summed E-state index contributed by atoms with van der Waals surface area (Å²) < 4.78 is 11.1. The highest BCUT2D eigenvalue weighted by Crippen LogP contribution is 2.37. The van der Waals surface area contributed by atoms with Gasteiger partial charge in [-0.15, -0.1) is 0 Å². The van der Waals surface area contributed by atoms with Crippen molar-refractivity contribution in [2.45, 2.75) is 32.4 Å². The lowest BCUT2D eigenvalue weighted by molar-refractivity contribution is -0.138. The number of carbonyl (C=O) groups excluding carboxylic acids is 1. The molecule has 3 N–H and O–H groups in total. The fraction of sp³-hybridized carbons (Fsp3) is 0.200. The third-order valence-electron chi connectivity index (χ3n) is 5.60. The van der Waals surface area contributed by atoms with E-state index in [9.17, 15) is 14.7 Å². The minimum Gasteiger partial charge on any atom is -0.479 e. The lowest BCUT2D eigenvalue weighted by Gasteiger charge is -2.18. The molecule has 1 aliphatic rings. The zero-order valence-corrected chi connectivity index (χ0v) is 19.6. The molecule has 11 heteroatoms. The van der Waals surface area contributed by atoms with E-state index < -0.39 is 17.6 Å². The van der Waals surface area contributed by atoms with Crippen LogP contribution in [-0.2, 0) is 4.79 Å². The molecular formula is C25H22N6O5. The number of carboxylic acids is 1. The smallest absolute Gasteiger partial charge is 0.330 e. The number of ether oxygens (including phenoxy) is 1. The van der Waals surface area contributed by atoms with Crippen LogP contribution < -0.4 is 15.4 Å². The maximum absolute atomic E-state index is 12.4. The van der Waals surface area contributed by atoms with Crippen molar-refractivity contribution in [3.05, 3.63) is 71.7 Å². The predicted octanol–water partition coefficient (Wildman–Crippen LogP) is 4.17. The van der Waals surface area contributed by atoms with E-state index in [1.165, 1.54) is 6.20 Å². The topological polar surface area (TPSA) is 152 Å². The molecule has 182 valence electrons. The van der Waals surface area contributed by atoms with Gasteiger partial charge in [-0.2, -0.15) is 9.97 Å². The number of hydrogen-bond donors (Lipinski definition) is 3. The van der Waals surface area contributed by atoms with E-state index in [2.05, 4.69) is 30.7 Å². The standard InChI is InChI=1S/C25H22N6O5/c1-13-27-22(36-31-13)17-12-26-24(28-15-9-10-16-18(11-15)35-25(2,3)20(16)32)30-21(17)29-19(23(33)34)14-7-5-4-6-8-14/h4-12,19H,1-3H3,(H,33,34)(H2,26,28,29,30)/t19-/m0/s1. The van der Waals surface area contributed by atoms with Gasteiger partial charge < -0.3 is 25.0 Å². The van der Waals surface area contributed by atoms with Crippen LogP contribution in [0.1, 0.15) is 41.6 Å². The van der Waals surface area contributed by atoms with Gasteiger partial charge in [-0.1, -0.05) is 35.5 Å². The molecule has 2 aromatic heterocycles. The molecule has 0 saturated carbocycles. The second-order valence-corrected chi connectivity index (χ2v) is 8.71. The number of nitrogens with one attached hydrogen (secondary N) is 2. The van der Waals surface area contributed by atoms with Gasteiger partial charge in [0.25, 0.3) is 5.89 Å². The van der Waals surface area contributed by atoms with Crippen LogP contribution in [0.15, 0.2) is 59.3 Å². The highest BCUT2D eigenvalue weighted by Gasteiger charge is 2.39. The van der Waals surface area contributed by atoms with Gasteiger partial charge in [0.05, 0.1) is 5.56 Å². The maximum atomic E-state index is 12.4. The fourth-order valence-corrected chi connectivity index (χ4v) is 3.83. The first kappa shape index (κ1) is 23.0. The van der Waals surface area contributed by atoms with Crippen LogP contribution >= 0.6 is 0 Å². The monoisotopic (exact) mass is 486 g/mol. The molecule has 36 heavy (non-hydrogen) atoms. The Balaban J connectivity index is 1.50. The minimum atomic E-state index is -1.10. The van der Waals surface area contributed by atoms with E-state index in [1.807, 2.05) is 0 Å². The molecule has 3 heterocycles. The summed E-state index contributed by atoms with van der Waals surface area (Å²) in [6.07, 6.45) is 1.46. The molecule has 1 aliphatic heterocycles. The minimum absolute atomic E-state index is 0.0911.